The lowest BCUT2D eigenvalue weighted by atomic mass is 10.0. The number of aromatic amines is 1. The zero-order valence-electron chi connectivity index (χ0n) is 17.1. The van der Waals surface area contributed by atoms with Crippen LogP contribution in [0.4, 0.5) is 5.69 Å². The molecule has 0 saturated carbocycles. The van der Waals surface area contributed by atoms with E-state index in [4.69, 9.17) is 9.47 Å². The first-order chi connectivity index (χ1) is 14.8. The Hall–Kier alpha value is -4.08. The summed E-state index contributed by atoms with van der Waals surface area (Å²) in [5.74, 6) is -1.85. The Morgan fingerprint density at radius 1 is 1.19 bits per heavy atom. The third-order valence-corrected chi connectivity index (χ3v) is 5.09. The first-order valence-electron chi connectivity index (χ1n) is 9.23. The number of carbonyl (C=O) groups is 2. The molecule has 1 heterocycles. The van der Waals surface area contributed by atoms with Gasteiger partial charge in [0.2, 0.25) is 0 Å². The van der Waals surface area contributed by atoms with Crippen molar-refractivity contribution in [3.63, 3.8) is 0 Å². The number of methoxy groups -OCH3 is 2. The summed E-state index contributed by atoms with van der Waals surface area (Å²) >= 11 is 0. The monoisotopic (exact) mass is 427 g/mol. The minimum atomic E-state index is -1.25. The Morgan fingerprint density at radius 3 is 2.45 bits per heavy atom. The minimum absolute atomic E-state index is 0.0165. The quantitative estimate of drug-likeness (QED) is 0.417. The maximum Gasteiger partial charge on any atom is 0.326 e. The van der Waals surface area contributed by atoms with Crippen molar-refractivity contribution in [2.24, 2.45) is 0 Å². The average Bonchev–Trinajstić information content (AvgIpc) is 3.18. The summed E-state index contributed by atoms with van der Waals surface area (Å²) in [4.78, 5) is 40.0. The standard InChI is InChI=1S/C21H21N3O7/c1-23(17(21(26)27)8-12-11-22-15-7-5-4-6-13(12)15)20(25)14-9-18(30-2)19(31-3)10-16(14)24(28)29/h4-7,9-11,17,22H,8H2,1-3H3,(H,26,27)/t17-/m0/s1. The van der Waals surface area contributed by atoms with Crippen LogP contribution in [0.2, 0.25) is 0 Å². The van der Waals surface area contributed by atoms with Gasteiger partial charge in [-0.05, 0) is 11.6 Å². The van der Waals surface area contributed by atoms with Crippen molar-refractivity contribution in [3.05, 3.63) is 63.8 Å². The zero-order chi connectivity index (χ0) is 22.7. The van der Waals surface area contributed by atoms with Crippen LogP contribution in [0.25, 0.3) is 10.9 Å². The van der Waals surface area contributed by atoms with Crippen LogP contribution in [0.15, 0.2) is 42.6 Å². The van der Waals surface area contributed by atoms with Crippen molar-refractivity contribution < 1.29 is 29.1 Å². The predicted molar refractivity (Wildman–Crippen MR) is 112 cm³/mol. The van der Waals surface area contributed by atoms with E-state index < -0.39 is 28.5 Å². The van der Waals surface area contributed by atoms with Crippen LogP contribution < -0.4 is 9.47 Å². The molecule has 0 aliphatic carbocycles. The zero-order valence-corrected chi connectivity index (χ0v) is 17.1. The van der Waals surface area contributed by atoms with Crippen LogP contribution in [-0.2, 0) is 11.2 Å². The fourth-order valence-electron chi connectivity index (χ4n) is 3.42. The number of ether oxygens (including phenoxy) is 2. The van der Waals surface area contributed by atoms with Crippen LogP contribution in [0.1, 0.15) is 15.9 Å². The Kier molecular flexibility index (Phi) is 6.10. The minimum Gasteiger partial charge on any atom is -0.493 e. The molecule has 1 amide bonds. The molecule has 2 aromatic carbocycles. The number of hydrogen-bond donors (Lipinski definition) is 2. The second-order valence-electron chi connectivity index (χ2n) is 6.82. The van der Waals surface area contributed by atoms with Gasteiger partial charge in [0.1, 0.15) is 11.6 Å². The van der Waals surface area contributed by atoms with Crippen molar-refractivity contribution in [2.45, 2.75) is 12.5 Å². The fourth-order valence-corrected chi connectivity index (χ4v) is 3.42. The van der Waals surface area contributed by atoms with Gasteiger partial charge in [-0.25, -0.2) is 4.79 Å². The van der Waals surface area contributed by atoms with E-state index in [0.29, 0.717) is 5.56 Å². The number of aliphatic carboxylic acids is 1. The highest BCUT2D eigenvalue weighted by Gasteiger charge is 2.33. The van der Waals surface area contributed by atoms with Gasteiger partial charge in [0, 0.05) is 36.6 Å². The number of para-hydroxylation sites is 1. The maximum atomic E-state index is 13.1. The number of carboxylic acids is 1. The summed E-state index contributed by atoms with van der Waals surface area (Å²) in [5, 5.41) is 22.2. The molecule has 0 aliphatic heterocycles. The van der Waals surface area contributed by atoms with E-state index in [1.54, 1.807) is 6.20 Å². The molecule has 2 N–H and O–H groups in total. The summed E-state index contributed by atoms with van der Waals surface area (Å²) in [6.07, 6.45) is 1.71. The first-order valence-corrected chi connectivity index (χ1v) is 9.23. The lowest BCUT2D eigenvalue weighted by Crippen LogP contribution is -2.44. The summed E-state index contributed by atoms with van der Waals surface area (Å²) < 4.78 is 10.2. The molecule has 0 unspecified atom stereocenters. The molecule has 1 aromatic heterocycles. The van der Waals surface area contributed by atoms with Crippen LogP contribution in [0.5, 0.6) is 11.5 Å². The SMILES string of the molecule is COc1cc(C(=O)N(C)[C@@H](Cc2c[nH]c3ccccc23)C(=O)O)c([N+](=O)[O-])cc1OC. The second kappa shape index (κ2) is 8.74. The first kappa shape index (κ1) is 21.6. The van der Waals surface area contributed by atoms with E-state index in [0.717, 1.165) is 21.9 Å². The fraction of sp³-hybridized carbons (Fsp3) is 0.238. The number of fused-ring (bicyclic) bond motifs is 1. The number of nitrogens with zero attached hydrogens (tertiary/aromatic N) is 2. The number of nitro groups is 1. The number of carboxylic acid groups (broad SMARTS) is 1. The van der Waals surface area contributed by atoms with Gasteiger partial charge in [0.05, 0.1) is 25.2 Å². The lowest BCUT2D eigenvalue weighted by Gasteiger charge is -2.25. The van der Waals surface area contributed by atoms with Crippen molar-refractivity contribution >= 4 is 28.5 Å². The summed E-state index contributed by atoms with van der Waals surface area (Å²) in [5.41, 5.74) is 0.747. The number of amides is 1. The predicted octanol–water partition coefficient (Wildman–Crippen LogP) is 2.86. The van der Waals surface area contributed by atoms with Crippen molar-refractivity contribution in [3.8, 4) is 11.5 Å². The van der Waals surface area contributed by atoms with E-state index in [1.807, 2.05) is 24.3 Å². The van der Waals surface area contributed by atoms with E-state index >= 15 is 0 Å². The van der Waals surface area contributed by atoms with Gasteiger partial charge in [0.25, 0.3) is 11.6 Å². The number of rotatable bonds is 8. The maximum absolute atomic E-state index is 13.1. The van der Waals surface area contributed by atoms with Gasteiger partial charge < -0.3 is 24.5 Å². The highest BCUT2D eigenvalue weighted by molar-refractivity contribution is 6.00. The van der Waals surface area contributed by atoms with E-state index in [1.165, 1.54) is 27.3 Å². The van der Waals surface area contributed by atoms with Crippen molar-refractivity contribution in [2.75, 3.05) is 21.3 Å². The third kappa shape index (κ3) is 4.13. The molecule has 0 fully saturated rings. The van der Waals surface area contributed by atoms with E-state index in [2.05, 4.69) is 4.98 Å². The molecule has 0 spiro atoms. The van der Waals surface area contributed by atoms with Crippen LogP contribution >= 0.6 is 0 Å². The van der Waals surface area contributed by atoms with Crippen LogP contribution in [-0.4, -0.2) is 59.1 Å². The van der Waals surface area contributed by atoms with Gasteiger partial charge in [-0.1, -0.05) is 18.2 Å². The third-order valence-electron chi connectivity index (χ3n) is 5.09. The highest BCUT2D eigenvalue weighted by Crippen LogP contribution is 2.35. The number of hydrogen-bond acceptors (Lipinski definition) is 6. The molecule has 3 rings (SSSR count). The number of aromatic nitrogens is 1. The molecule has 0 bridgehead atoms. The summed E-state index contributed by atoms with van der Waals surface area (Å²) in [7, 11) is 3.95. The molecule has 10 heteroatoms. The average molecular weight is 427 g/mol. The Morgan fingerprint density at radius 2 is 1.84 bits per heavy atom. The van der Waals surface area contributed by atoms with Gasteiger partial charge in [-0.2, -0.15) is 0 Å². The topological polar surface area (TPSA) is 135 Å². The van der Waals surface area contributed by atoms with Gasteiger partial charge in [-0.15, -0.1) is 0 Å². The number of likely N-dealkylation sites (N-methyl/N-ethyl adjacent to an activating group) is 1. The van der Waals surface area contributed by atoms with Crippen molar-refractivity contribution in [1.82, 2.24) is 9.88 Å². The molecule has 3 aromatic rings. The molecule has 162 valence electrons. The number of nitro benzene ring substituents is 1. The molecule has 1 atom stereocenters. The highest BCUT2D eigenvalue weighted by atomic mass is 16.6. The molecule has 0 aliphatic rings. The van der Waals surface area contributed by atoms with Crippen LogP contribution in [0.3, 0.4) is 0 Å². The number of benzene rings is 2. The molecule has 0 saturated heterocycles. The van der Waals surface area contributed by atoms with Crippen molar-refractivity contribution in [1.29, 1.82) is 0 Å². The largest absolute Gasteiger partial charge is 0.493 e. The Balaban J connectivity index is 1.99. The molecule has 31 heavy (non-hydrogen) atoms. The lowest BCUT2D eigenvalue weighted by molar-refractivity contribution is -0.385. The Labute approximate surface area is 177 Å². The van der Waals surface area contributed by atoms with E-state index in [9.17, 15) is 24.8 Å². The van der Waals surface area contributed by atoms with Gasteiger partial charge in [0.15, 0.2) is 11.5 Å². The second-order valence-corrected chi connectivity index (χ2v) is 6.82. The Bertz CT molecular complexity index is 1160. The van der Waals surface area contributed by atoms with Crippen LogP contribution in [0, 0.1) is 10.1 Å². The van der Waals surface area contributed by atoms with Gasteiger partial charge in [-0.3, -0.25) is 14.9 Å². The molecular weight excluding hydrogens is 406 g/mol. The molecule has 10 nitrogen and oxygen atoms in total. The molecule has 0 radical (unpaired) electrons. The summed E-state index contributed by atoms with van der Waals surface area (Å²) in [6.45, 7) is 0. The number of nitrogens with one attached hydrogen (secondary N) is 1. The van der Waals surface area contributed by atoms with E-state index in [-0.39, 0.29) is 23.5 Å². The number of carbonyl (C=O) groups excluding carboxylic acids is 1. The smallest absolute Gasteiger partial charge is 0.326 e. The number of H-pyrrole nitrogens is 1. The normalized spacial score (nSPS) is 11.7. The summed E-state index contributed by atoms with van der Waals surface area (Å²) in [6, 6.07) is 8.40. The molecular formula is C21H21N3O7. The van der Waals surface area contributed by atoms with Gasteiger partial charge >= 0.3 is 5.97 Å².